The number of benzene rings is 1. The SMILES string of the molecule is C[C@@H]1CN(c2ccc(C#N)c3nccnc23)C[C@H](CN2Cc3cnc(N4CCNCC4)cc3C2)O1. The van der Waals surface area contributed by atoms with Crippen LogP contribution in [0.1, 0.15) is 23.6 Å². The number of piperazine rings is 1. The van der Waals surface area contributed by atoms with Gasteiger partial charge in [-0.15, -0.1) is 0 Å². The predicted molar refractivity (Wildman–Crippen MR) is 134 cm³/mol. The summed E-state index contributed by atoms with van der Waals surface area (Å²) in [6, 6.07) is 8.36. The van der Waals surface area contributed by atoms with E-state index in [0.717, 1.165) is 75.9 Å². The minimum atomic E-state index is 0.0797. The Kier molecular flexibility index (Phi) is 5.94. The number of aromatic nitrogens is 3. The van der Waals surface area contributed by atoms with E-state index < -0.39 is 0 Å². The van der Waals surface area contributed by atoms with E-state index in [-0.39, 0.29) is 12.2 Å². The van der Waals surface area contributed by atoms with Gasteiger partial charge >= 0.3 is 0 Å². The quantitative estimate of drug-likeness (QED) is 0.614. The third-order valence-corrected chi connectivity index (χ3v) is 7.15. The topological polar surface area (TPSA) is 93.4 Å². The normalized spacial score (nSPS) is 22.9. The number of hydrogen-bond donors (Lipinski definition) is 1. The standard InChI is InChI=1S/C26H30N8O/c1-18-13-34(23-3-2-19(11-27)25-26(23)30-5-4-29-25)17-22(35-18)16-32-14-20-10-24(31-12-21(20)15-32)33-8-6-28-7-9-33/h2-5,10,12,18,22,28H,6-9,13-17H2,1H3/t18-,22+/m1/s1. The molecule has 0 spiro atoms. The molecule has 2 saturated heterocycles. The number of anilines is 2. The Morgan fingerprint density at radius 1 is 1.03 bits per heavy atom. The molecular formula is C26H30N8O. The van der Waals surface area contributed by atoms with Crippen LogP contribution in [0.15, 0.2) is 36.8 Å². The molecule has 3 aliphatic heterocycles. The van der Waals surface area contributed by atoms with E-state index in [0.29, 0.717) is 11.1 Å². The molecular weight excluding hydrogens is 440 g/mol. The largest absolute Gasteiger partial charge is 0.370 e. The summed E-state index contributed by atoms with van der Waals surface area (Å²) in [5.41, 5.74) is 5.70. The van der Waals surface area contributed by atoms with Crippen LogP contribution in [0.2, 0.25) is 0 Å². The molecule has 180 valence electrons. The molecule has 1 N–H and O–H groups in total. The number of ether oxygens (including phenoxy) is 1. The van der Waals surface area contributed by atoms with Crippen molar-refractivity contribution in [2.24, 2.45) is 0 Å². The van der Waals surface area contributed by atoms with E-state index in [9.17, 15) is 5.26 Å². The second-order valence-electron chi connectivity index (χ2n) is 9.69. The number of fused-ring (bicyclic) bond motifs is 2. The lowest BCUT2D eigenvalue weighted by atomic mass is 10.1. The first-order valence-electron chi connectivity index (χ1n) is 12.4. The number of nitrogens with zero attached hydrogens (tertiary/aromatic N) is 7. The number of rotatable bonds is 4. The van der Waals surface area contributed by atoms with Crippen molar-refractivity contribution >= 4 is 22.5 Å². The van der Waals surface area contributed by atoms with Crippen LogP contribution in [0.4, 0.5) is 11.5 Å². The number of nitrogens with one attached hydrogen (secondary N) is 1. The van der Waals surface area contributed by atoms with Crippen LogP contribution in [-0.2, 0) is 17.8 Å². The van der Waals surface area contributed by atoms with E-state index in [2.05, 4.69) is 55.2 Å². The Morgan fingerprint density at radius 2 is 1.83 bits per heavy atom. The summed E-state index contributed by atoms with van der Waals surface area (Å²) in [7, 11) is 0. The lowest BCUT2D eigenvalue weighted by molar-refractivity contribution is -0.0329. The van der Waals surface area contributed by atoms with Crippen molar-refractivity contribution in [3.8, 4) is 6.07 Å². The van der Waals surface area contributed by atoms with Gasteiger partial charge in [-0.1, -0.05) is 0 Å². The van der Waals surface area contributed by atoms with Crippen LogP contribution >= 0.6 is 0 Å². The molecule has 0 saturated carbocycles. The molecule has 2 fully saturated rings. The Labute approximate surface area is 205 Å². The average molecular weight is 471 g/mol. The van der Waals surface area contributed by atoms with E-state index in [1.807, 2.05) is 12.1 Å². The molecule has 1 aromatic carbocycles. The lowest BCUT2D eigenvalue weighted by Crippen LogP contribution is -2.50. The molecule has 5 heterocycles. The Morgan fingerprint density at radius 3 is 2.66 bits per heavy atom. The first kappa shape index (κ1) is 22.2. The van der Waals surface area contributed by atoms with Crippen molar-refractivity contribution in [1.29, 1.82) is 5.26 Å². The molecule has 35 heavy (non-hydrogen) atoms. The summed E-state index contributed by atoms with van der Waals surface area (Å²) in [6.07, 6.45) is 5.58. The third-order valence-electron chi connectivity index (χ3n) is 7.15. The molecule has 2 atom stereocenters. The highest BCUT2D eigenvalue weighted by atomic mass is 16.5. The summed E-state index contributed by atoms with van der Waals surface area (Å²) in [4.78, 5) is 20.9. The molecule has 0 radical (unpaired) electrons. The fourth-order valence-electron chi connectivity index (χ4n) is 5.55. The maximum atomic E-state index is 9.48. The summed E-state index contributed by atoms with van der Waals surface area (Å²) < 4.78 is 6.37. The minimum Gasteiger partial charge on any atom is -0.370 e. The van der Waals surface area contributed by atoms with Crippen molar-refractivity contribution in [1.82, 2.24) is 25.2 Å². The molecule has 6 rings (SSSR count). The fraction of sp³-hybridized carbons (Fsp3) is 0.462. The molecule has 3 aromatic rings. The monoisotopic (exact) mass is 470 g/mol. The summed E-state index contributed by atoms with van der Waals surface area (Å²) >= 11 is 0. The zero-order valence-corrected chi connectivity index (χ0v) is 20.0. The van der Waals surface area contributed by atoms with Crippen LogP contribution < -0.4 is 15.1 Å². The lowest BCUT2D eigenvalue weighted by Gasteiger charge is -2.39. The molecule has 9 heteroatoms. The summed E-state index contributed by atoms with van der Waals surface area (Å²) in [5, 5.41) is 12.9. The zero-order valence-electron chi connectivity index (χ0n) is 20.0. The first-order valence-corrected chi connectivity index (χ1v) is 12.4. The van der Waals surface area contributed by atoms with Crippen molar-refractivity contribution in [2.45, 2.75) is 32.2 Å². The maximum Gasteiger partial charge on any atom is 0.128 e. The van der Waals surface area contributed by atoms with Crippen LogP contribution in [0.3, 0.4) is 0 Å². The van der Waals surface area contributed by atoms with Crippen LogP contribution in [0, 0.1) is 11.3 Å². The number of morpholine rings is 1. The Balaban J connectivity index is 1.17. The Bertz CT molecular complexity index is 1270. The minimum absolute atomic E-state index is 0.0797. The van der Waals surface area contributed by atoms with E-state index in [4.69, 9.17) is 9.72 Å². The van der Waals surface area contributed by atoms with Crippen LogP contribution in [0.5, 0.6) is 0 Å². The molecule has 0 aliphatic carbocycles. The molecule has 0 unspecified atom stereocenters. The molecule has 2 aromatic heterocycles. The summed E-state index contributed by atoms with van der Waals surface area (Å²) in [6.45, 7) is 10.4. The summed E-state index contributed by atoms with van der Waals surface area (Å²) in [5.74, 6) is 1.09. The van der Waals surface area contributed by atoms with Crippen LogP contribution in [-0.4, -0.2) is 77.9 Å². The van der Waals surface area contributed by atoms with E-state index in [1.54, 1.807) is 12.4 Å². The van der Waals surface area contributed by atoms with Gasteiger partial charge in [-0.05, 0) is 36.2 Å². The zero-order chi connectivity index (χ0) is 23.8. The van der Waals surface area contributed by atoms with E-state index in [1.165, 1.54) is 11.1 Å². The van der Waals surface area contributed by atoms with Gasteiger partial charge in [-0.25, -0.2) is 4.98 Å². The molecule has 0 bridgehead atoms. The smallest absolute Gasteiger partial charge is 0.128 e. The molecule has 0 amide bonds. The second kappa shape index (κ2) is 9.38. The van der Waals surface area contributed by atoms with Gasteiger partial charge in [0.1, 0.15) is 22.9 Å². The number of pyridine rings is 1. The van der Waals surface area contributed by atoms with Crippen LogP contribution in [0.25, 0.3) is 11.0 Å². The third kappa shape index (κ3) is 4.41. The van der Waals surface area contributed by atoms with Crippen molar-refractivity contribution in [3.05, 3.63) is 53.5 Å². The predicted octanol–water partition coefficient (Wildman–Crippen LogP) is 1.92. The second-order valence-corrected chi connectivity index (χ2v) is 9.69. The van der Waals surface area contributed by atoms with Gasteiger partial charge in [0.2, 0.25) is 0 Å². The average Bonchev–Trinajstić information content (AvgIpc) is 3.29. The number of nitriles is 1. The van der Waals surface area contributed by atoms with Gasteiger partial charge in [0, 0.05) is 77.5 Å². The highest BCUT2D eigenvalue weighted by molar-refractivity contribution is 5.92. The first-order chi connectivity index (χ1) is 17.2. The molecule has 3 aliphatic rings. The van der Waals surface area contributed by atoms with Gasteiger partial charge in [-0.2, -0.15) is 5.26 Å². The van der Waals surface area contributed by atoms with E-state index >= 15 is 0 Å². The highest BCUT2D eigenvalue weighted by Gasteiger charge is 2.31. The van der Waals surface area contributed by atoms with Gasteiger partial charge in [-0.3, -0.25) is 14.9 Å². The highest BCUT2D eigenvalue weighted by Crippen LogP contribution is 2.30. The maximum absolute atomic E-state index is 9.48. The molecule has 9 nitrogen and oxygen atoms in total. The Hall–Kier alpha value is -3.32. The fourth-order valence-corrected chi connectivity index (χ4v) is 5.55. The van der Waals surface area contributed by atoms with Gasteiger partial charge in [0.25, 0.3) is 0 Å². The van der Waals surface area contributed by atoms with Gasteiger partial charge < -0.3 is 19.9 Å². The van der Waals surface area contributed by atoms with Crippen molar-refractivity contribution in [2.75, 3.05) is 55.6 Å². The van der Waals surface area contributed by atoms with Gasteiger partial charge in [0.05, 0.1) is 23.5 Å². The van der Waals surface area contributed by atoms with Gasteiger partial charge in [0.15, 0.2) is 0 Å². The number of hydrogen-bond acceptors (Lipinski definition) is 9. The van der Waals surface area contributed by atoms with Crippen molar-refractivity contribution in [3.63, 3.8) is 0 Å². The van der Waals surface area contributed by atoms with Crippen molar-refractivity contribution < 1.29 is 4.74 Å².